The van der Waals surface area contributed by atoms with Gasteiger partial charge in [-0.15, -0.1) is 11.8 Å². The van der Waals surface area contributed by atoms with Crippen molar-refractivity contribution in [2.24, 2.45) is 0 Å². The van der Waals surface area contributed by atoms with E-state index in [0.29, 0.717) is 29.8 Å². The number of carbonyl (C=O) groups is 1. The standard InChI is InChI=1S/C18H28N2O3S2/c1-3-20(4-2)25(22,23)17-12-10-15(11-13-17)19-18(21)14-24-16-8-6-5-7-9-16/h10-13,16H,3-9,14H2,1-2H3,(H,19,21). The van der Waals surface area contributed by atoms with Crippen LogP contribution in [0.5, 0.6) is 0 Å². The van der Waals surface area contributed by atoms with E-state index in [2.05, 4.69) is 5.32 Å². The molecular formula is C18H28N2O3S2. The van der Waals surface area contributed by atoms with Gasteiger partial charge in [-0.25, -0.2) is 8.42 Å². The Bertz CT molecular complexity index is 649. The topological polar surface area (TPSA) is 66.5 Å². The zero-order chi connectivity index (χ0) is 18.3. The molecule has 0 aliphatic heterocycles. The maximum absolute atomic E-state index is 12.4. The minimum Gasteiger partial charge on any atom is -0.325 e. The summed E-state index contributed by atoms with van der Waals surface area (Å²) in [5, 5.41) is 3.45. The van der Waals surface area contributed by atoms with E-state index in [4.69, 9.17) is 0 Å². The van der Waals surface area contributed by atoms with Crippen LogP contribution >= 0.6 is 11.8 Å². The molecule has 1 N–H and O–H groups in total. The van der Waals surface area contributed by atoms with Gasteiger partial charge >= 0.3 is 0 Å². The first-order chi connectivity index (χ1) is 12.0. The molecule has 0 spiro atoms. The van der Waals surface area contributed by atoms with Crippen molar-refractivity contribution in [1.82, 2.24) is 4.31 Å². The SMILES string of the molecule is CCN(CC)S(=O)(=O)c1ccc(NC(=O)CSC2CCCCC2)cc1. The van der Waals surface area contributed by atoms with Crippen molar-refractivity contribution in [3.63, 3.8) is 0 Å². The van der Waals surface area contributed by atoms with Crippen LogP contribution in [0, 0.1) is 0 Å². The molecule has 0 heterocycles. The molecule has 0 radical (unpaired) electrons. The number of hydrogen-bond donors (Lipinski definition) is 1. The third kappa shape index (κ3) is 5.72. The van der Waals surface area contributed by atoms with Crippen molar-refractivity contribution < 1.29 is 13.2 Å². The second-order valence-corrected chi connectivity index (χ2v) is 9.46. The van der Waals surface area contributed by atoms with Crippen LogP contribution in [0.1, 0.15) is 46.0 Å². The van der Waals surface area contributed by atoms with Crippen LogP contribution < -0.4 is 5.32 Å². The monoisotopic (exact) mass is 384 g/mol. The molecule has 0 unspecified atom stereocenters. The van der Waals surface area contributed by atoms with Crippen molar-refractivity contribution in [1.29, 1.82) is 0 Å². The molecule has 1 aromatic rings. The molecule has 1 aromatic carbocycles. The van der Waals surface area contributed by atoms with Crippen LogP contribution in [0.2, 0.25) is 0 Å². The lowest BCUT2D eigenvalue weighted by Crippen LogP contribution is -2.30. The highest BCUT2D eigenvalue weighted by atomic mass is 32.2. The summed E-state index contributed by atoms with van der Waals surface area (Å²) in [7, 11) is -3.45. The zero-order valence-corrected chi connectivity index (χ0v) is 16.7. The van der Waals surface area contributed by atoms with Crippen molar-refractivity contribution in [3.8, 4) is 0 Å². The van der Waals surface area contributed by atoms with E-state index < -0.39 is 10.0 Å². The van der Waals surface area contributed by atoms with Crippen molar-refractivity contribution in [3.05, 3.63) is 24.3 Å². The third-order valence-corrected chi connectivity index (χ3v) is 7.92. The van der Waals surface area contributed by atoms with E-state index in [-0.39, 0.29) is 10.8 Å². The number of thioether (sulfide) groups is 1. The largest absolute Gasteiger partial charge is 0.325 e. The molecule has 1 fully saturated rings. The maximum atomic E-state index is 12.4. The van der Waals surface area contributed by atoms with Crippen LogP contribution in [-0.2, 0) is 14.8 Å². The summed E-state index contributed by atoms with van der Waals surface area (Å²) in [6.07, 6.45) is 6.25. The van der Waals surface area contributed by atoms with Crippen molar-refractivity contribution in [2.75, 3.05) is 24.2 Å². The molecule has 1 saturated carbocycles. The molecule has 2 rings (SSSR count). The molecule has 0 bridgehead atoms. The number of benzene rings is 1. The smallest absolute Gasteiger partial charge is 0.243 e. The summed E-state index contributed by atoms with van der Waals surface area (Å²) in [6, 6.07) is 6.41. The number of sulfonamides is 1. The van der Waals surface area contributed by atoms with Gasteiger partial charge in [-0.05, 0) is 37.1 Å². The molecule has 0 aromatic heterocycles. The normalized spacial score (nSPS) is 16.1. The highest BCUT2D eigenvalue weighted by Crippen LogP contribution is 2.28. The van der Waals surface area contributed by atoms with Gasteiger partial charge in [0.1, 0.15) is 0 Å². The highest BCUT2D eigenvalue weighted by Gasteiger charge is 2.21. The fourth-order valence-electron chi connectivity index (χ4n) is 3.05. The number of nitrogens with zero attached hydrogens (tertiary/aromatic N) is 1. The number of rotatable bonds is 8. The maximum Gasteiger partial charge on any atom is 0.243 e. The van der Waals surface area contributed by atoms with Gasteiger partial charge in [0.2, 0.25) is 15.9 Å². The number of carbonyl (C=O) groups excluding carboxylic acids is 1. The molecular weight excluding hydrogens is 356 g/mol. The fraction of sp³-hybridized carbons (Fsp3) is 0.611. The molecule has 0 saturated heterocycles. The van der Waals surface area contributed by atoms with E-state index in [1.165, 1.54) is 36.4 Å². The lowest BCUT2D eigenvalue weighted by Gasteiger charge is -2.20. The summed E-state index contributed by atoms with van der Waals surface area (Å²) < 4.78 is 26.3. The first-order valence-corrected chi connectivity index (χ1v) is 11.5. The Morgan fingerprint density at radius 1 is 1.12 bits per heavy atom. The van der Waals surface area contributed by atoms with E-state index in [9.17, 15) is 13.2 Å². The van der Waals surface area contributed by atoms with E-state index in [0.717, 1.165) is 0 Å². The summed E-state index contributed by atoms with van der Waals surface area (Å²) in [6.45, 7) is 4.52. The predicted molar refractivity (Wildman–Crippen MR) is 105 cm³/mol. The van der Waals surface area contributed by atoms with Crippen LogP contribution in [0.3, 0.4) is 0 Å². The minimum atomic E-state index is -3.45. The van der Waals surface area contributed by atoms with Gasteiger partial charge in [-0.1, -0.05) is 33.1 Å². The zero-order valence-electron chi connectivity index (χ0n) is 15.0. The second kappa shape index (κ2) is 9.59. The van der Waals surface area contributed by atoms with Crippen LogP contribution in [0.15, 0.2) is 29.2 Å². The summed E-state index contributed by atoms with van der Waals surface area (Å²) >= 11 is 1.73. The molecule has 0 atom stereocenters. The predicted octanol–water partition coefficient (Wildman–Crippen LogP) is 3.72. The van der Waals surface area contributed by atoms with Gasteiger partial charge < -0.3 is 5.32 Å². The van der Waals surface area contributed by atoms with Gasteiger partial charge in [0, 0.05) is 24.0 Å². The Hall–Kier alpha value is -1.05. The highest BCUT2D eigenvalue weighted by molar-refractivity contribution is 8.00. The second-order valence-electron chi connectivity index (χ2n) is 6.23. The van der Waals surface area contributed by atoms with Crippen molar-refractivity contribution >= 4 is 33.4 Å². The fourth-order valence-corrected chi connectivity index (χ4v) is 5.63. The summed E-state index contributed by atoms with van der Waals surface area (Å²) in [4.78, 5) is 12.3. The van der Waals surface area contributed by atoms with Crippen LogP contribution in [0.25, 0.3) is 0 Å². The first-order valence-electron chi connectivity index (χ1n) is 8.99. The molecule has 7 heteroatoms. The van der Waals surface area contributed by atoms with Crippen LogP contribution in [-0.4, -0.2) is 42.7 Å². The molecule has 25 heavy (non-hydrogen) atoms. The van der Waals surface area contributed by atoms with E-state index in [1.54, 1.807) is 36.0 Å². The summed E-state index contributed by atoms with van der Waals surface area (Å²) in [5.74, 6) is 0.416. The van der Waals surface area contributed by atoms with Crippen molar-refractivity contribution in [2.45, 2.75) is 56.1 Å². The third-order valence-electron chi connectivity index (χ3n) is 4.48. The number of nitrogens with one attached hydrogen (secondary N) is 1. The van der Waals surface area contributed by atoms with Gasteiger partial charge in [0.05, 0.1) is 10.6 Å². The molecule has 140 valence electrons. The Morgan fingerprint density at radius 3 is 2.28 bits per heavy atom. The van der Waals surface area contributed by atoms with Gasteiger partial charge in [0.15, 0.2) is 0 Å². The Morgan fingerprint density at radius 2 is 1.72 bits per heavy atom. The molecule has 1 aliphatic carbocycles. The van der Waals surface area contributed by atoms with Gasteiger partial charge in [-0.2, -0.15) is 4.31 Å². The Labute approximate surface area is 155 Å². The van der Waals surface area contributed by atoms with E-state index >= 15 is 0 Å². The molecule has 1 amide bonds. The van der Waals surface area contributed by atoms with Gasteiger partial charge in [0.25, 0.3) is 0 Å². The van der Waals surface area contributed by atoms with Gasteiger partial charge in [-0.3, -0.25) is 4.79 Å². The Kier molecular flexibility index (Phi) is 7.78. The van der Waals surface area contributed by atoms with Crippen LogP contribution in [0.4, 0.5) is 5.69 Å². The minimum absolute atomic E-state index is 0.0325. The Balaban J connectivity index is 1.90. The average molecular weight is 385 g/mol. The molecule has 5 nitrogen and oxygen atoms in total. The quantitative estimate of drug-likeness (QED) is 0.742. The first kappa shape index (κ1) is 20.3. The number of amides is 1. The molecule has 1 aliphatic rings. The lowest BCUT2D eigenvalue weighted by atomic mass is 10.0. The summed E-state index contributed by atoms with van der Waals surface area (Å²) in [5.41, 5.74) is 0.632. The average Bonchev–Trinajstić information content (AvgIpc) is 2.62. The number of anilines is 1. The van der Waals surface area contributed by atoms with E-state index in [1.807, 2.05) is 13.8 Å². The number of hydrogen-bond acceptors (Lipinski definition) is 4. The lowest BCUT2D eigenvalue weighted by molar-refractivity contribution is -0.113.